The highest BCUT2D eigenvalue weighted by molar-refractivity contribution is 7.99. The van der Waals surface area contributed by atoms with Gasteiger partial charge >= 0.3 is 0 Å². The van der Waals surface area contributed by atoms with E-state index in [0.29, 0.717) is 5.92 Å². The second-order valence-electron chi connectivity index (χ2n) is 4.24. The Morgan fingerprint density at radius 3 is 2.75 bits per heavy atom. The van der Waals surface area contributed by atoms with Crippen LogP contribution in [0.4, 0.5) is 4.39 Å². The molecule has 0 saturated carbocycles. The number of hydrogen-bond donors (Lipinski definition) is 1. The van der Waals surface area contributed by atoms with Gasteiger partial charge in [0.2, 0.25) is 0 Å². The topological polar surface area (TPSA) is 12.0 Å². The Labute approximate surface area is 102 Å². The van der Waals surface area contributed by atoms with Crippen molar-refractivity contribution in [1.82, 2.24) is 5.32 Å². The molecular formula is C13H20FNS. The van der Waals surface area contributed by atoms with E-state index in [2.05, 4.69) is 26.1 Å². The van der Waals surface area contributed by atoms with Crippen LogP contribution in [-0.2, 0) is 6.54 Å². The van der Waals surface area contributed by atoms with Crippen molar-refractivity contribution >= 4 is 11.8 Å². The first-order chi connectivity index (χ1) is 7.63. The Morgan fingerprint density at radius 2 is 2.12 bits per heavy atom. The third kappa shape index (κ3) is 4.54. The van der Waals surface area contributed by atoms with Crippen molar-refractivity contribution in [3.8, 4) is 0 Å². The largest absolute Gasteiger partial charge is 0.313 e. The summed E-state index contributed by atoms with van der Waals surface area (Å²) in [5.74, 6) is 1.58. The average Bonchev–Trinajstić information content (AvgIpc) is 2.24. The van der Waals surface area contributed by atoms with E-state index in [0.717, 1.165) is 24.4 Å². The highest BCUT2D eigenvalue weighted by atomic mass is 32.2. The molecule has 0 heterocycles. The second kappa shape index (κ2) is 6.92. The quantitative estimate of drug-likeness (QED) is 0.762. The number of benzene rings is 1. The predicted molar refractivity (Wildman–Crippen MR) is 69.3 cm³/mol. The van der Waals surface area contributed by atoms with Crippen LogP contribution in [0.3, 0.4) is 0 Å². The first-order valence-electron chi connectivity index (χ1n) is 5.75. The second-order valence-corrected chi connectivity index (χ2v) is 5.30. The lowest BCUT2D eigenvalue weighted by Gasteiger charge is -2.11. The van der Waals surface area contributed by atoms with E-state index in [4.69, 9.17) is 0 Å². The van der Waals surface area contributed by atoms with Crippen LogP contribution in [0.5, 0.6) is 0 Å². The molecule has 0 aromatic heterocycles. The van der Waals surface area contributed by atoms with Crippen molar-refractivity contribution in [2.75, 3.05) is 12.3 Å². The summed E-state index contributed by atoms with van der Waals surface area (Å²) in [5.41, 5.74) is 1.06. The first-order valence-corrected chi connectivity index (χ1v) is 6.74. The molecule has 1 nitrogen and oxygen atoms in total. The van der Waals surface area contributed by atoms with E-state index in [1.54, 1.807) is 6.07 Å². The fraction of sp³-hybridized carbons (Fsp3) is 0.538. The van der Waals surface area contributed by atoms with Gasteiger partial charge in [-0.15, -0.1) is 11.8 Å². The van der Waals surface area contributed by atoms with Gasteiger partial charge in [-0.25, -0.2) is 4.39 Å². The summed E-state index contributed by atoms with van der Waals surface area (Å²) < 4.78 is 13.1. The zero-order chi connectivity index (χ0) is 12.0. The van der Waals surface area contributed by atoms with Crippen LogP contribution < -0.4 is 5.32 Å². The van der Waals surface area contributed by atoms with Crippen molar-refractivity contribution in [1.29, 1.82) is 0 Å². The Hall–Kier alpha value is -0.540. The Balaban J connectivity index is 2.72. The molecule has 0 bridgehead atoms. The minimum atomic E-state index is -0.151. The number of thioether (sulfide) groups is 1. The molecule has 1 N–H and O–H groups in total. The Kier molecular flexibility index (Phi) is 5.85. The van der Waals surface area contributed by atoms with Gasteiger partial charge in [-0.2, -0.15) is 0 Å². The minimum Gasteiger partial charge on any atom is -0.313 e. The van der Waals surface area contributed by atoms with Gasteiger partial charge in [-0.3, -0.25) is 0 Å². The highest BCUT2D eigenvalue weighted by Crippen LogP contribution is 2.25. The van der Waals surface area contributed by atoms with Crippen molar-refractivity contribution in [3.05, 3.63) is 29.6 Å². The summed E-state index contributed by atoms with van der Waals surface area (Å²) in [4.78, 5) is 1.19. The van der Waals surface area contributed by atoms with Crippen LogP contribution in [0.25, 0.3) is 0 Å². The molecule has 0 aliphatic rings. The molecular weight excluding hydrogens is 221 g/mol. The van der Waals surface area contributed by atoms with E-state index in [9.17, 15) is 4.39 Å². The highest BCUT2D eigenvalue weighted by Gasteiger charge is 2.05. The maximum absolute atomic E-state index is 13.1. The van der Waals surface area contributed by atoms with E-state index in [-0.39, 0.29) is 5.82 Å². The summed E-state index contributed by atoms with van der Waals surface area (Å²) in [5, 5.41) is 3.24. The fourth-order valence-electron chi connectivity index (χ4n) is 1.34. The number of hydrogen-bond acceptors (Lipinski definition) is 2. The monoisotopic (exact) mass is 241 g/mol. The van der Waals surface area contributed by atoms with Gasteiger partial charge in [0, 0.05) is 17.2 Å². The molecule has 0 fully saturated rings. The number of nitrogens with one attached hydrogen (secondary N) is 1. The summed E-state index contributed by atoms with van der Waals surface area (Å²) >= 11 is 1.81. The first kappa shape index (κ1) is 13.5. The lowest BCUT2D eigenvalue weighted by Crippen LogP contribution is -2.12. The van der Waals surface area contributed by atoms with Gasteiger partial charge in [0.05, 0.1) is 0 Å². The van der Waals surface area contributed by atoms with Gasteiger partial charge in [0.15, 0.2) is 0 Å². The standard InChI is InChI=1S/C13H20FNS/c1-4-15-8-11-7-12(14)5-6-13(11)16-9-10(2)3/h5-7,10,15H,4,8-9H2,1-3H3. The van der Waals surface area contributed by atoms with Crippen LogP contribution in [0.1, 0.15) is 26.3 Å². The summed E-state index contributed by atoms with van der Waals surface area (Å²) in [6.07, 6.45) is 0. The van der Waals surface area contributed by atoms with Gasteiger partial charge in [-0.1, -0.05) is 20.8 Å². The molecule has 0 aliphatic heterocycles. The molecule has 0 atom stereocenters. The van der Waals surface area contributed by atoms with Crippen LogP contribution in [-0.4, -0.2) is 12.3 Å². The van der Waals surface area contributed by atoms with Crippen LogP contribution in [0, 0.1) is 11.7 Å². The molecule has 1 aromatic carbocycles. The SMILES string of the molecule is CCNCc1cc(F)ccc1SCC(C)C. The Morgan fingerprint density at radius 1 is 1.38 bits per heavy atom. The molecule has 90 valence electrons. The van der Waals surface area contributed by atoms with Crippen molar-refractivity contribution in [3.63, 3.8) is 0 Å². The van der Waals surface area contributed by atoms with Gasteiger partial charge < -0.3 is 5.32 Å². The zero-order valence-corrected chi connectivity index (χ0v) is 11.0. The van der Waals surface area contributed by atoms with Crippen LogP contribution >= 0.6 is 11.8 Å². The minimum absolute atomic E-state index is 0.151. The number of halogens is 1. The average molecular weight is 241 g/mol. The van der Waals surface area contributed by atoms with Gasteiger partial charge in [0.1, 0.15) is 5.82 Å². The van der Waals surface area contributed by atoms with Crippen LogP contribution in [0.15, 0.2) is 23.1 Å². The summed E-state index contributed by atoms with van der Waals surface area (Å²) in [6.45, 7) is 8.10. The zero-order valence-electron chi connectivity index (χ0n) is 10.2. The van der Waals surface area contributed by atoms with Crippen molar-refractivity contribution in [2.45, 2.75) is 32.2 Å². The van der Waals surface area contributed by atoms with E-state index < -0.39 is 0 Å². The number of rotatable bonds is 6. The molecule has 3 heteroatoms. The summed E-state index contributed by atoms with van der Waals surface area (Å²) in [7, 11) is 0. The van der Waals surface area contributed by atoms with Gasteiger partial charge in [0.25, 0.3) is 0 Å². The molecule has 0 spiro atoms. The smallest absolute Gasteiger partial charge is 0.123 e. The predicted octanol–water partition coefficient (Wildman–Crippen LogP) is 3.68. The van der Waals surface area contributed by atoms with Gasteiger partial charge in [-0.05, 0) is 36.2 Å². The maximum atomic E-state index is 13.1. The van der Waals surface area contributed by atoms with E-state index in [1.807, 2.05) is 17.8 Å². The Bertz CT molecular complexity index is 326. The van der Waals surface area contributed by atoms with Crippen molar-refractivity contribution in [2.24, 2.45) is 5.92 Å². The summed E-state index contributed by atoms with van der Waals surface area (Å²) in [6, 6.07) is 5.05. The molecule has 1 aromatic rings. The molecule has 0 aliphatic carbocycles. The fourth-order valence-corrected chi connectivity index (χ4v) is 2.34. The lowest BCUT2D eigenvalue weighted by molar-refractivity contribution is 0.618. The normalized spacial score (nSPS) is 11.1. The molecule has 1 rings (SSSR count). The third-order valence-electron chi connectivity index (χ3n) is 2.16. The molecule has 0 amide bonds. The molecule has 0 saturated heterocycles. The molecule has 16 heavy (non-hydrogen) atoms. The third-order valence-corrected chi connectivity index (χ3v) is 3.70. The van der Waals surface area contributed by atoms with E-state index >= 15 is 0 Å². The molecule has 0 unspecified atom stereocenters. The van der Waals surface area contributed by atoms with E-state index in [1.165, 1.54) is 11.0 Å². The van der Waals surface area contributed by atoms with Crippen molar-refractivity contribution < 1.29 is 4.39 Å². The maximum Gasteiger partial charge on any atom is 0.123 e. The lowest BCUT2D eigenvalue weighted by atomic mass is 10.2. The molecule has 0 radical (unpaired) electrons. The van der Waals surface area contributed by atoms with Crippen LogP contribution in [0.2, 0.25) is 0 Å².